The number of amides is 1. The summed E-state index contributed by atoms with van der Waals surface area (Å²) < 4.78 is 5.12. The molecular weight excluding hydrogens is 342 g/mol. The minimum Gasteiger partial charge on any atom is -0.494 e. The lowest BCUT2D eigenvalue weighted by Crippen LogP contribution is -2.32. The number of carbonyl (C=O) groups excluding carboxylic acids is 1. The molecule has 0 saturated heterocycles. The van der Waals surface area contributed by atoms with Gasteiger partial charge in [0.2, 0.25) is 5.91 Å². The molecule has 0 fully saturated rings. The molecule has 0 heterocycles. The average Bonchev–Trinajstić information content (AvgIpc) is 2.61. The molecule has 0 saturated carbocycles. The van der Waals surface area contributed by atoms with Crippen LogP contribution in [0.3, 0.4) is 0 Å². The minimum absolute atomic E-state index is 0.102. The van der Waals surface area contributed by atoms with Gasteiger partial charge in [-0.3, -0.25) is 14.9 Å². The Balaban J connectivity index is 2.09. The van der Waals surface area contributed by atoms with E-state index in [9.17, 15) is 14.9 Å². The lowest BCUT2D eigenvalue weighted by Gasteiger charge is -2.17. The third-order valence-corrected chi connectivity index (χ3v) is 4.23. The van der Waals surface area contributed by atoms with Crippen molar-refractivity contribution in [1.82, 2.24) is 0 Å². The first-order valence-corrected chi connectivity index (χ1v) is 8.71. The first-order chi connectivity index (χ1) is 11.9. The predicted octanol–water partition coefficient (Wildman–Crippen LogP) is 3.76. The van der Waals surface area contributed by atoms with Crippen LogP contribution < -0.4 is 15.4 Å². The van der Waals surface area contributed by atoms with Crippen LogP contribution >= 0.6 is 11.8 Å². The van der Waals surface area contributed by atoms with E-state index in [1.807, 2.05) is 30.5 Å². The number of nitro groups is 1. The summed E-state index contributed by atoms with van der Waals surface area (Å²) in [6, 6.07) is 11.3. The number of hydrogen-bond acceptors (Lipinski definition) is 6. The lowest BCUT2D eigenvalue weighted by atomic mass is 10.2. The zero-order valence-electron chi connectivity index (χ0n) is 14.1. The van der Waals surface area contributed by atoms with Crippen molar-refractivity contribution in [2.75, 3.05) is 24.0 Å². The number of thioether (sulfide) groups is 1. The minimum atomic E-state index is -0.517. The fourth-order valence-corrected chi connectivity index (χ4v) is 2.63. The fourth-order valence-electron chi connectivity index (χ4n) is 2.17. The van der Waals surface area contributed by atoms with Crippen molar-refractivity contribution >= 4 is 34.7 Å². The molecule has 132 valence electrons. The highest BCUT2D eigenvalue weighted by atomic mass is 32.2. The van der Waals surface area contributed by atoms with Crippen LogP contribution in [0.1, 0.15) is 6.92 Å². The molecular formula is C17H19N3O4S. The molecule has 1 atom stereocenters. The zero-order valence-corrected chi connectivity index (χ0v) is 14.9. The first-order valence-electron chi connectivity index (χ1n) is 7.48. The molecule has 2 N–H and O–H groups in total. The van der Waals surface area contributed by atoms with Crippen LogP contribution in [-0.4, -0.2) is 30.2 Å². The second kappa shape index (κ2) is 8.39. The molecule has 0 aliphatic rings. The largest absolute Gasteiger partial charge is 0.494 e. The monoisotopic (exact) mass is 361 g/mol. The van der Waals surface area contributed by atoms with E-state index in [4.69, 9.17) is 4.74 Å². The maximum Gasteiger partial charge on any atom is 0.273 e. The van der Waals surface area contributed by atoms with E-state index in [1.54, 1.807) is 18.7 Å². The van der Waals surface area contributed by atoms with E-state index in [1.165, 1.54) is 25.3 Å². The number of benzene rings is 2. The SMILES string of the molecule is COc1cc([N+](=O)[O-])ccc1NC(=O)[C@@H](C)Nc1cccc(SC)c1. The molecule has 0 unspecified atom stereocenters. The Kier molecular flexibility index (Phi) is 6.24. The maximum absolute atomic E-state index is 12.4. The summed E-state index contributed by atoms with van der Waals surface area (Å²) in [5.41, 5.74) is 1.12. The van der Waals surface area contributed by atoms with Crippen LogP contribution in [0, 0.1) is 10.1 Å². The van der Waals surface area contributed by atoms with E-state index in [0.717, 1.165) is 10.6 Å². The van der Waals surface area contributed by atoms with Gasteiger partial charge in [-0.05, 0) is 37.4 Å². The van der Waals surface area contributed by atoms with Gasteiger partial charge >= 0.3 is 0 Å². The van der Waals surface area contributed by atoms with Crippen LogP contribution in [-0.2, 0) is 4.79 Å². The summed E-state index contributed by atoms with van der Waals surface area (Å²) in [5.74, 6) is -0.0409. The number of non-ortho nitro benzene ring substituents is 1. The zero-order chi connectivity index (χ0) is 18.4. The molecule has 7 nitrogen and oxygen atoms in total. The van der Waals surface area contributed by atoms with Gasteiger partial charge in [0.25, 0.3) is 5.69 Å². The molecule has 0 bridgehead atoms. The molecule has 2 aromatic rings. The standard InChI is InChI=1S/C17H19N3O4S/c1-11(18-12-5-4-6-14(9-12)25-3)17(21)19-15-8-7-13(20(22)23)10-16(15)24-2/h4-11,18H,1-3H3,(H,19,21)/t11-/m1/s1. The number of carbonyl (C=O) groups is 1. The molecule has 8 heteroatoms. The van der Waals surface area contributed by atoms with Gasteiger partial charge in [0, 0.05) is 16.6 Å². The summed E-state index contributed by atoms with van der Waals surface area (Å²) in [7, 11) is 1.39. The van der Waals surface area contributed by atoms with Crippen LogP contribution in [0.15, 0.2) is 47.4 Å². The molecule has 25 heavy (non-hydrogen) atoms. The Labute approximate surface area is 149 Å². The van der Waals surface area contributed by atoms with E-state index < -0.39 is 11.0 Å². The first kappa shape index (κ1) is 18.6. The molecule has 0 aromatic heterocycles. The molecule has 1 amide bonds. The van der Waals surface area contributed by atoms with Gasteiger partial charge in [0.05, 0.1) is 23.8 Å². The van der Waals surface area contributed by atoms with Crippen molar-refractivity contribution in [3.8, 4) is 5.75 Å². The highest BCUT2D eigenvalue weighted by Gasteiger charge is 2.17. The van der Waals surface area contributed by atoms with Crippen LogP contribution in [0.4, 0.5) is 17.1 Å². The third-order valence-electron chi connectivity index (χ3n) is 3.50. The normalized spacial score (nSPS) is 11.5. The van der Waals surface area contributed by atoms with Crippen LogP contribution in [0.5, 0.6) is 5.75 Å². The topological polar surface area (TPSA) is 93.5 Å². The number of rotatable bonds is 7. The van der Waals surface area contributed by atoms with Gasteiger partial charge < -0.3 is 15.4 Å². The Morgan fingerprint density at radius 2 is 2.04 bits per heavy atom. The van der Waals surface area contributed by atoms with E-state index >= 15 is 0 Å². The molecule has 0 aliphatic heterocycles. The second-order valence-corrected chi connectivity index (χ2v) is 6.11. The molecule has 0 spiro atoms. The number of nitro benzene ring substituents is 1. The summed E-state index contributed by atoms with van der Waals surface area (Å²) >= 11 is 1.62. The highest BCUT2D eigenvalue weighted by Crippen LogP contribution is 2.29. The number of methoxy groups -OCH3 is 1. The highest BCUT2D eigenvalue weighted by molar-refractivity contribution is 7.98. The summed E-state index contributed by atoms with van der Waals surface area (Å²) in [6.45, 7) is 1.74. The molecule has 2 aromatic carbocycles. The Bertz CT molecular complexity index is 782. The molecule has 0 aliphatic carbocycles. The summed E-state index contributed by atoms with van der Waals surface area (Å²) in [6.07, 6.45) is 1.98. The van der Waals surface area contributed by atoms with Crippen molar-refractivity contribution in [2.24, 2.45) is 0 Å². The number of anilines is 2. The Hall–Kier alpha value is -2.74. The predicted molar refractivity (Wildman–Crippen MR) is 99.6 cm³/mol. The van der Waals surface area contributed by atoms with E-state index in [2.05, 4.69) is 10.6 Å². The number of ether oxygens (including phenoxy) is 1. The van der Waals surface area contributed by atoms with Crippen LogP contribution in [0.25, 0.3) is 0 Å². The molecule has 0 radical (unpaired) electrons. The Morgan fingerprint density at radius 3 is 2.68 bits per heavy atom. The quantitative estimate of drug-likeness (QED) is 0.443. The summed E-state index contributed by atoms with van der Waals surface area (Å²) in [5, 5.41) is 16.7. The van der Waals surface area contributed by atoms with Crippen molar-refractivity contribution in [3.05, 3.63) is 52.6 Å². The van der Waals surface area contributed by atoms with Crippen molar-refractivity contribution < 1.29 is 14.5 Å². The number of nitrogens with zero attached hydrogens (tertiary/aromatic N) is 1. The average molecular weight is 361 g/mol. The van der Waals surface area contributed by atoms with Gasteiger partial charge in [-0.2, -0.15) is 0 Å². The summed E-state index contributed by atoms with van der Waals surface area (Å²) in [4.78, 5) is 23.8. The van der Waals surface area contributed by atoms with Gasteiger partial charge in [-0.1, -0.05) is 6.07 Å². The number of nitrogens with one attached hydrogen (secondary N) is 2. The lowest BCUT2D eigenvalue weighted by molar-refractivity contribution is -0.384. The fraction of sp³-hybridized carbons (Fsp3) is 0.235. The smallest absolute Gasteiger partial charge is 0.273 e. The van der Waals surface area contributed by atoms with Crippen molar-refractivity contribution in [1.29, 1.82) is 0 Å². The van der Waals surface area contributed by atoms with Crippen LogP contribution in [0.2, 0.25) is 0 Å². The van der Waals surface area contributed by atoms with Gasteiger partial charge in [0.1, 0.15) is 11.8 Å². The van der Waals surface area contributed by atoms with E-state index in [-0.39, 0.29) is 17.3 Å². The Morgan fingerprint density at radius 1 is 1.28 bits per heavy atom. The van der Waals surface area contributed by atoms with Gasteiger partial charge in [0.15, 0.2) is 0 Å². The maximum atomic E-state index is 12.4. The van der Waals surface area contributed by atoms with Gasteiger partial charge in [-0.25, -0.2) is 0 Å². The van der Waals surface area contributed by atoms with Crippen molar-refractivity contribution in [3.63, 3.8) is 0 Å². The number of hydrogen-bond donors (Lipinski definition) is 2. The van der Waals surface area contributed by atoms with Crippen molar-refractivity contribution in [2.45, 2.75) is 17.9 Å². The van der Waals surface area contributed by atoms with E-state index in [0.29, 0.717) is 5.69 Å². The van der Waals surface area contributed by atoms with Gasteiger partial charge in [-0.15, -0.1) is 11.8 Å². The second-order valence-electron chi connectivity index (χ2n) is 5.23. The third kappa shape index (κ3) is 4.87. The molecule has 2 rings (SSSR count).